The van der Waals surface area contributed by atoms with Gasteiger partial charge in [-0.05, 0) is 6.16 Å². The molecule has 0 saturated carbocycles. The molecule has 0 aromatic heterocycles. The van der Waals surface area contributed by atoms with Crippen LogP contribution in [0.3, 0.4) is 0 Å². The Morgan fingerprint density at radius 2 is 2.33 bits per heavy atom. The predicted molar refractivity (Wildman–Crippen MR) is 35.6 cm³/mol. The average Bonchev–Trinajstić information content (AvgIpc) is 1.61. The quantitative estimate of drug-likeness (QED) is 0.286. The van der Waals surface area contributed by atoms with Crippen molar-refractivity contribution in [1.82, 2.24) is 0 Å². The zero-order chi connectivity index (χ0) is 4.83. The Kier molecular flexibility index (Phi) is 5.95. The number of hydrogen-bond acceptors (Lipinski definition) is 0. The van der Waals surface area contributed by atoms with E-state index in [4.69, 9.17) is 0 Å². The molecular formula is C4H11BP. The van der Waals surface area contributed by atoms with E-state index in [1.165, 1.54) is 18.9 Å². The zero-order valence-corrected chi connectivity index (χ0v) is 5.43. The molecule has 0 saturated heterocycles. The van der Waals surface area contributed by atoms with E-state index in [1.54, 1.807) is 0 Å². The molecule has 0 rings (SSSR count). The lowest BCUT2D eigenvalue weighted by atomic mass is 9.77. The van der Waals surface area contributed by atoms with Gasteiger partial charge in [-0.1, -0.05) is 19.6 Å². The van der Waals surface area contributed by atoms with Gasteiger partial charge < -0.3 is 0 Å². The van der Waals surface area contributed by atoms with Crippen LogP contribution in [0.5, 0.6) is 0 Å². The molecule has 0 nitrogen and oxygen atoms in total. The van der Waals surface area contributed by atoms with Gasteiger partial charge in [-0.2, -0.15) is 0 Å². The second-order valence-corrected chi connectivity index (χ2v) is 1.92. The first-order valence-corrected chi connectivity index (χ1v) is 3.21. The zero-order valence-electron chi connectivity index (χ0n) is 4.28. The van der Waals surface area contributed by atoms with Gasteiger partial charge in [0, 0.05) is 0 Å². The Morgan fingerprint density at radius 1 is 1.67 bits per heavy atom. The van der Waals surface area contributed by atoms with Crippen molar-refractivity contribution in [3.63, 3.8) is 0 Å². The summed E-state index contributed by atoms with van der Waals surface area (Å²) in [5.74, 6) is 0. The summed E-state index contributed by atoms with van der Waals surface area (Å²) in [5, 5.41) is 0. The molecule has 35 valence electrons. The average molecular weight is 101 g/mol. The highest BCUT2D eigenvalue weighted by atomic mass is 31.0. The summed E-state index contributed by atoms with van der Waals surface area (Å²) in [6.45, 7) is 2.10. The number of rotatable bonds is 3. The summed E-state index contributed by atoms with van der Waals surface area (Å²) in [7, 11) is 4.91. The lowest BCUT2D eigenvalue weighted by Crippen LogP contribution is -1.79. The lowest BCUT2D eigenvalue weighted by Gasteiger charge is -1.84. The highest BCUT2D eigenvalue weighted by molar-refractivity contribution is 7.16. The van der Waals surface area contributed by atoms with Crippen molar-refractivity contribution in [3.8, 4) is 0 Å². The summed E-state index contributed by atoms with van der Waals surface area (Å²) in [6, 6.07) is 0. The molecule has 1 atom stereocenters. The summed E-state index contributed by atoms with van der Waals surface area (Å²) in [5.41, 5.74) is 0. The summed E-state index contributed by atoms with van der Waals surface area (Å²) < 4.78 is 0. The van der Waals surface area contributed by atoms with Gasteiger partial charge in [-0.3, -0.25) is 0 Å². The Hall–Kier alpha value is 0.495. The Balaban J connectivity index is 2.34. The first-order chi connectivity index (χ1) is 2.91. The third kappa shape index (κ3) is 4.49. The van der Waals surface area contributed by atoms with Crippen LogP contribution in [0.25, 0.3) is 0 Å². The van der Waals surface area contributed by atoms with E-state index >= 15 is 0 Å². The second kappa shape index (κ2) is 5.49. The standard InChI is InChI=1S/C4H11BP/c1-5-3-2-4-6/h2-4,6H2,1H3. The minimum Gasteiger partial charge on any atom is -0.138 e. The molecule has 0 spiro atoms. The molecule has 0 aromatic rings. The van der Waals surface area contributed by atoms with Gasteiger partial charge in [0.2, 0.25) is 0 Å². The first kappa shape index (κ1) is 6.49. The van der Waals surface area contributed by atoms with Crippen molar-refractivity contribution in [1.29, 1.82) is 0 Å². The van der Waals surface area contributed by atoms with Crippen molar-refractivity contribution in [3.05, 3.63) is 0 Å². The molecule has 0 heterocycles. The Morgan fingerprint density at radius 3 is 2.50 bits per heavy atom. The minimum absolute atomic E-state index is 1.24. The third-order valence-electron chi connectivity index (χ3n) is 0.697. The van der Waals surface area contributed by atoms with Gasteiger partial charge in [0.05, 0.1) is 0 Å². The van der Waals surface area contributed by atoms with Crippen molar-refractivity contribution in [2.75, 3.05) is 6.16 Å². The lowest BCUT2D eigenvalue weighted by molar-refractivity contribution is 1.09. The van der Waals surface area contributed by atoms with Crippen LogP contribution < -0.4 is 0 Å². The van der Waals surface area contributed by atoms with Crippen LogP contribution in [0.15, 0.2) is 0 Å². The van der Waals surface area contributed by atoms with Crippen LogP contribution in [0.4, 0.5) is 0 Å². The maximum Gasteiger partial charge on any atom is 0.105 e. The van der Waals surface area contributed by atoms with E-state index in [0.29, 0.717) is 0 Å². The molecule has 0 aliphatic rings. The largest absolute Gasteiger partial charge is 0.138 e. The normalized spacial score (nSPS) is 8.33. The van der Waals surface area contributed by atoms with Crippen LogP contribution in [0.1, 0.15) is 6.42 Å². The fourth-order valence-electron chi connectivity index (χ4n) is 0.322. The summed E-state index contributed by atoms with van der Waals surface area (Å²) in [6.07, 6.45) is 3.83. The molecule has 6 heavy (non-hydrogen) atoms. The Labute approximate surface area is 43.2 Å². The summed E-state index contributed by atoms with van der Waals surface area (Å²) >= 11 is 0. The molecule has 0 amide bonds. The molecule has 1 unspecified atom stereocenters. The van der Waals surface area contributed by atoms with E-state index in [1.807, 2.05) is 0 Å². The van der Waals surface area contributed by atoms with Crippen LogP contribution in [-0.4, -0.2) is 13.4 Å². The SMILES string of the molecule is C[B]CCCP. The van der Waals surface area contributed by atoms with Crippen molar-refractivity contribution in [2.24, 2.45) is 0 Å². The molecule has 0 aliphatic heterocycles. The van der Waals surface area contributed by atoms with Crippen LogP contribution in [-0.2, 0) is 0 Å². The predicted octanol–water partition coefficient (Wildman–Crippen LogP) is 1.42. The van der Waals surface area contributed by atoms with Gasteiger partial charge in [0.25, 0.3) is 0 Å². The first-order valence-electron chi connectivity index (χ1n) is 2.39. The van der Waals surface area contributed by atoms with Gasteiger partial charge in [-0.15, -0.1) is 9.24 Å². The van der Waals surface area contributed by atoms with Crippen molar-refractivity contribution in [2.45, 2.75) is 19.6 Å². The fourth-order valence-corrected chi connectivity index (χ4v) is 0.558. The van der Waals surface area contributed by atoms with Crippen molar-refractivity contribution < 1.29 is 0 Å². The maximum atomic E-state index is 2.71. The van der Waals surface area contributed by atoms with E-state index in [9.17, 15) is 0 Å². The van der Waals surface area contributed by atoms with Gasteiger partial charge in [0.1, 0.15) is 7.28 Å². The van der Waals surface area contributed by atoms with Gasteiger partial charge in [-0.25, -0.2) is 0 Å². The highest BCUT2D eigenvalue weighted by Crippen LogP contribution is 1.91. The highest BCUT2D eigenvalue weighted by Gasteiger charge is 1.77. The third-order valence-corrected chi connectivity index (χ3v) is 1.11. The second-order valence-electron chi connectivity index (χ2n) is 1.34. The number of hydrogen-bond donors (Lipinski definition) is 0. The molecule has 0 aromatic carbocycles. The van der Waals surface area contributed by atoms with E-state index in [2.05, 4.69) is 23.3 Å². The van der Waals surface area contributed by atoms with E-state index < -0.39 is 0 Å². The van der Waals surface area contributed by atoms with Crippen molar-refractivity contribution >= 4 is 16.5 Å². The molecule has 0 N–H and O–H groups in total. The van der Waals surface area contributed by atoms with Crippen LogP contribution in [0.2, 0.25) is 13.1 Å². The minimum atomic E-state index is 1.24. The van der Waals surface area contributed by atoms with E-state index in [-0.39, 0.29) is 0 Å². The summed E-state index contributed by atoms with van der Waals surface area (Å²) in [4.78, 5) is 0. The monoisotopic (exact) mass is 101 g/mol. The van der Waals surface area contributed by atoms with Gasteiger partial charge in [0.15, 0.2) is 0 Å². The fraction of sp³-hybridized carbons (Fsp3) is 1.00. The topological polar surface area (TPSA) is 0 Å². The molecule has 2 heteroatoms. The molecule has 1 radical (unpaired) electrons. The molecule has 0 bridgehead atoms. The molecular weight excluding hydrogens is 89.8 g/mol. The Bertz CT molecular complexity index is 19.5. The maximum absolute atomic E-state index is 2.71. The molecule has 0 fully saturated rings. The van der Waals surface area contributed by atoms with Crippen LogP contribution >= 0.6 is 9.24 Å². The van der Waals surface area contributed by atoms with Gasteiger partial charge >= 0.3 is 0 Å². The molecule has 0 aliphatic carbocycles. The van der Waals surface area contributed by atoms with Crippen LogP contribution in [0, 0.1) is 0 Å². The smallest absolute Gasteiger partial charge is 0.105 e. The van der Waals surface area contributed by atoms with E-state index in [0.717, 1.165) is 0 Å².